The van der Waals surface area contributed by atoms with E-state index in [1.54, 1.807) is 0 Å². The summed E-state index contributed by atoms with van der Waals surface area (Å²) in [7, 11) is 0. The molecule has 0 unspecified atom stereocenters. The topological polar surface area (TPSA) is 20.3 Å². The van der Waals surface area contributed by atoms with Gasteiger partial charge in [-0.3, -0.25) is 4.79 Å². The van der Waals surface area contributed by atoms with E-state index in [0.29, 0.717) is 17.8 Å². The normalized spacial score (nSPS) is 16.2. The SMILES string of the molecule is CCC(CC)C(=O)N(CCCCl)C1CCC1. The van der Waals surface area contributed by atoms with Crippen molar-refractivity contribution >= 4 is 17.5 Å². The van der Waals surface area contributed by atoms with Crippen molar-refractivity contribution in [3.8, 4) is 0 Å². The van der Waals surface area contributed by atoms with E-state index in [0.717, 1.165) is 25.8 Å². The highest BCUT2D eigenvalue weighted by Gasteiger charge is 2.30. The van der Waals surface area contributed by atoms with Crippen molar-refractivity contribution in [2.24, 2.45) is 5.92 Å². The molecule has 3 heteroatoms. The molecule has 0 spiro atoms. The lowest BCUT2D eigenvalue weighted by molar-refractivity contribution is -0.140. The Kier molecular flexibility index (Phi) is 6.18. The lowest BCUT2D eigenvalue weighted by Gasteiger charge is -2.39. The van der Waals surface area contributed by atoms with Gasteiger partial charge in [-0.1, -0.05) is 13.8 Å². The van der Waals surface area contributed by atoms with E-state index in [9.17, 15) is 4.79 Å². The molecule has 1 fully saturated rings. The molecular formula is C13H24ClNO. The fourth-order valence-electron chi connectivity index (χ4n) is 2.27. The summed E-state index contributed by atoms with van der Waals surface area (Å²) in [5.74, 6) is 1.23. The zero-order valence-corrected chi connectivity index (χ0v) is 11.3. The van der Waals surface area contributed by atoms with Crippen LogP contribution >= 0.6 is 11.6 Å². The third-order valence-corrected chi connectivity index (χ3v) is 3.93. The van der Waals surface area contributed by atoms with Gasteiger partial charge in [0.15, 0.2) is 0 Å². The van der Waals surface area contributed by atoms with E-state index in [-0.39, 0.29) is 5.92 Å². The first-order valence-electron chi connectivity index (χ1n) is 6.61. The van der Waals surface area contributed by atoms with Crippen LogP contribution in [0.2, 0.25) is 0 Å². The van der Waals surface area contributed by atoms with Crippen molar-refractivity contribution in [3.63, 3.8) is 0 Å². The molecule has 0 aromatic rings. The van der Waals surface area contributed by atoms with Crippen LogP contribution in [-0.4, -0.2) is 29.3 Å². The van der Waals surface area contributed by atoms with Gasteiger partial charge in [-0.2, -0.15) is 0 Å². The van der Waals surface area contributed by atoms with Crippen LogP contribution in [0, 0.1) is 5.92 Å². The van der Waals surface area contributed by atoms with E-state index < -0.39 is 0 Å². The molecule has 1 aliphatic carbocycles. The molecule has 1 rings (SSSR count). The van der Waals surface area contributed by atoms with Gasteiger partial charge in [-0.05, 0) is 38.5 Å². The first kappa shape index (κ1) is 13.8. The molecule has 0 heterocycles. The highest BCUT2D eigenvalue weighted by atomic mass is 35.5. The third-order valence-electron chi connectivity index (χ3n) is 3.67. The van der Waals surface area contributed by atoms with Gasteiger partial charge < -0.3 is 4.90 Å². The highest BCUT2D eigenvalue weighted by Crippen LogP contribution is 2.27. The summed E-state index contributed by atoms with van der Waals surface area (Å²) in [6, 6.07) is 0.510. The molecule has 0 atom stereocenters. The molecule has 1 aliphatic rings. The van der Waals surface area contributed by atoms with Crippen LogP contribution in [0.3, 0.4) is 0 Å². The fraction of sp³-hybridized carbons (Fsp3) is 0.923. The van der Waals surface area contributed by atoms with Gasteiger partial charge in [-0.15, -0.1) is 11.6 Å². The Morgan fingerprint density at radius 2 is 2.00 bits per heavy atom. The number of rotatable bonds is 7. The number of hydrogen-bond acceptors (Lipinski definition) is 1. The minimum absolute atomic E-state index is 0.218. The Morgan fingerprint density at radius 3 is 2.38 bits per heavy atom. The number of halogens is 1. The zero-order chi connectivity index (χ0) is 12.0. The van der Waals surface area contributed by atoms with Crippen LogP contribution < -0.4 is 0 Å². The van der Waals surface area contributed by atoms with Gasteiger partial charge in [-0.25, -0.2) is 0 Å². The Hall–Kier alpha value is -0.240. The maximum Gasteiger partial charge on any atom is 0.225 e. The first-order chi connectivity index (χ1) is 7.74. The molecule has 16 heavy (non-hydrogen) atoms. The summed E-state index contributed by atoms with van der Waals surface area (Å²) < 4.78 is 0. The number of alkyl halides is 1. The Morgan fingerprint density at radius 1 is 1.38 bits per heavy atom. The first-order valence-corrected chi connectivity index (χ1v) is 7.14. The number of carbonyl (C=O) groups excluding carboxylic acids is 1. The van der Waals surface area contributed by atoms with Gasteiger partial charge in [0.2, 0.25) is 5.91 Å². The highest BCUT2D eigenvalue weighted by molar-refractivity contribution is 6.17. The molecule has 0 bridgehead atoms. The molecular weight excluding hydrogens is 222 g/mol. The van der Waals surface area contributed by atoms with Gasteiger partial charge in [0, 0.05) is 24.4 Å². The van der Waals surface area contributed by atoms with E-state index in [1.807, 2.05) is 0 Å². The maximum atomic E-state index is 12.3. The molecule has 0 aliphatic heterocycles. The predicted octanol–water partition coefficient (Wildman–Crippen LogP) is 3.43. The van der Waals surface area contributed by atoms with E-state index >= 15 is 0 Å². The lowest BCUT2D eigenvalue weighted by Crippen LogP contribution is -2.47. The molecule has 0 N–H and O–H groups in total. The number of nitrogens with zero attached hydrogens (tertiary/aromatic N) is 1. The molecule has 2 nitrogen and oxygen atoms in total. The molecule has 1 saturated carbocycles. The van der Waals surface area contributed by atoms with Crippen LogP contribution in [-0.2, 0) is 4.79 Å². The molecule has 0 aromatic carbocycles. The Labute approximate surface area is 104 Å². The van der Waals surface area contributed by atoms with Crippen molar-refractivity contribution in [1.29, 1.82) is 0 Å². The van der Waals surface area contributed by atoms with Crippen molar-refractivity contribution < 1.29 is 4.79 Å². The number of amides is 1. The number of carbonyl (C=O) groups is 1. The van der Waals surface area contributed by atoms with E-state index in [1.165, 1.54) is 19.3 Å². The second-order valence-corrected chi connectivity index (χ2v) is 5.05. The number of hydrogen-bond donors (Lipinski definition) is 0. The van der Waals surface area contributed by atoms with E-state index in [4.69, 9.17) is 11.6 Å². The summed E-state index contributed by atoms with van der Waals surface area (Å²) in [5, 5.41) is 0. The minimum atomic E-state index is 0.218. The standard InChI is InChI=1S/C13H24ClNO/c1-3-11(4-2)13(16)15(10-6-9-14)12-7-5-8-12/h11-12H,3-10H2,1-2H3. The lowest BCUT2D eigenvalue weighted by atomic mass is 9.89. The molecule has 1 amide bonds. The molecule has 0 saturated heterocycles. The molecule has 94 valence electrons. The second-order valence-electron chi connectivity index (χ2n) is 4.67. The van der Waals surface area contributed by atoms with Crippen LogP contribution in [0.15, 0.2) is 0 Å². The van der Waals surface area contributed by atoms with Crippen LogP contribution in [0.25, 0.3) is 0 Å². The summed E-state index contributed by atoms with van der Waals surface area (Å²) in [6.45, 7) is 5.06. The van der Waals surface area contributed by atoms with Crippen molar-refractivity contribution in [2.45, 2.75) is 58.4 Å². The zero-order valence-electron chi connectivity index (χ0n) is 10.5. The van der Waals surface area contributed by atoms with Crippen LogP contribution in [0.5, 0.6) is 0 Å². The summed E-state index contributed by atoms with van der Waals surface area (Å²) in [5.41, 5.74) is 0. The summed E-state index contributed by atoms with van der Waals surface area (Å²) >= 11 is 5.73. The van der Waals surface area contributed by atoms with Crippen LogP contribution in [0.4, 0.5) is 0 Å². The monoisotopic (exact) mass is 245 g/mol. The second kappa shape index (κ2) is 7.16. The van der Waals surface area contributed by atoms with Crippen molar-refractivity contribution in [1.82, 2.24) is 4.90 Å². The fourth-order valence-corrected chi connectivity index (χ4v) is 2.39. The summed E-state index contributed by atoms with van der Waals surface area (Å²) in [6.07, 6.45) is 6.49. The molecule has 0 aromatic heterocycles. The van der Waals surface area contributed by atoms with Gasteiger partial charge >= 0.3 is 0 Å². The van der Waals surface area contributed by atoms with Crippen molar-refractivity contribution in [3.05, 3.63) is 0 Å². The Balaban J connectivity index is 2.55. The van der Waals surface area contributed by atoms with Gasteiger partial charge in [0.25, 0.3) is 0 Å². The molecule has 0 radical (unpaired) electrons. The predicted molar refractivity (Wildman–Crippen MR) is 68.8 cm³/mol. The quantitative estimate of drug-likeness (QED) is 0.630. The van der Waals surface area contributed by atoms with Gasteiger partial charge in [0.1, 0.15) is 0 Å². The maximum absolute atomic E-state index is 12.3. The van der Waals surface area contributed by atoms with Crippen LogP contribution in [0.1, 0.15) is 52.4 Å². The van der Waals surface area contributed by atoms with Gasteiger partial charge in [0.05, 0.1) is 0 Å². The largest absolute Gasteiger partial charge is 0.339 e. The minimum Gasteiger partial charge on any atom is -0.339 e. The summed E-state index contributed by atoms with van der Waals surface area (Å²) in [4.78, 5) is 14.4. The Bertz CT molecular complexity index is 212. The average Bonchev–Trinajstić information content (AvgIpc) is 2.22. The van der Waals surface area contributed by atoms with E-state index in [2.05, 4.69) is 18.7 Å². The average molecular weight is 246 g/mol. The third kappa shape index (κ3) is 3.38. The van der Waals surface area contributed by atoms with Crippen molar-refractivity contribution in [2.75, 3.05) is 12.4 Å². The smallest absolute Gasteiger partial charge is 0.225 e.